The van der Waals surface area contributed by atoms with Crippen molar-refractivity contribution in [1.82, 2.24) is 9.88 Å². The number of aryl methyl sites for hydroxylation is 1. The van der Waals surface area contributed by atoms with Crippen LogP contribution in [0.3, 0.4) is 0 Å². The van der Waals surface area contributed by atoms with E-state index in [1.54, 1.807) is 0 Å². The highest BCUT2D eigenvalue weighted by Crippen LogP contribution is 2.38. The van der Waals surface area contributed by atoms with Crippen LogP contribution in [0, 0.1) is 6.92 Å². The molecule has 0 fully saturated rings. The summed E-state index contributed by atoms with van der Waals surface area (Å²) in [6.07, 6.45) is 1.10. The van der Waals surface area contributed by atoms with Crippen LogP contribution in [0.2, 0.25) is 0 Å². The fraction of sp³-hybridized carbons (Fsp3) is 0.263. The second-order valence-electron chi connectivity index (χ2n) is 6.25. The fourth-order valence-corrected chi connectivity index (χ4v) is 3.91. The third-order valence-corrected chi connectivity index (χ3v) is 5.22. The first-order chi connectivity index (χ1) is 10.6. The van der Waals surface area contributed by atoms with Gasteiger partial charge in [-0.25, -0.2) is 0 Å². The van der Waals surface area contributed by atoms with Crippen molar-refractivity contribution < 1.29 is 0 Å². The zero-order valence-electron chi connectivity index (χ0n) is 12.9. The van der Waals surface area contributed by atoms with Crippen LogP contribution >= 0.6 is 15.9 Å². The van der Waals surface area contributed by atoms with Crippen molar-refractivity contribution in [3.63, 3.8) is 0 Å². The van der Waals surface area contributed by atoms with Gasteiger partial charge in [-0.1, -0.05) is 45.8 Å². The van der Waals surface area contributed by atoms with Crippen molar-refractivity contribution in [3.05, 3.63) is 69.3 Å². The highest BCUT2D eigenvalue weighted by atomic mass is 79.9. The zero-order chi connectivity index (χ0) is 15.3. The summed E-state index contributed by atoms with van der Waals surface area (Å²) in [4.78, 5) is 6.12. The number of H-pyrrole nitrogens is 1. The number of halogens is 1. The van der Waals surface area contributed by atoms with Crippen molar-refractivity contribution in [1.29, 1.82) is 0 Å². The van der Waals surface area contributed by atoms with Crippen molar-refractivity contribution in [2.75, 3.05) is 13.6 Å². The van der Waals surface area contributed by atoms with Gasteiger partial charge in [-0.15, -0.1) is 0 Å². The van der Waals surface area contributed by atoms with E-state index in [-0.39, 0.29) is 0 Å². The molecular weight excluding hydrogens is 336 g/mol. The zero-order valence-corrected chi connectivity index (χ0v) is 14.4. The minimum atomic E-state index is 0.315. The van der Waals surface area contributed by atoms with Gasteiger partial charge in [0.25, 0.3) is 0 Å². The van der Waals surface area contributed by atoms with E-state index >= 15 is 0 Å². The first kappa shape index (κ1) is 14.0. The fourth-order valence-electron chi connectivity index (χ4n) is 3.55. The summed E-state index contributed by atoms with van der Waals surface area (Å²) >= 11 is 3.60. The van der Waals surface area contributed by atoms with Gasteiger partial charge in [-0.2, -0.15) is 0 Å². The third-order valence-electron chi connectivity index (χ3n) is 4.72. The Balaban J connectivity index is 1.91. The first-order valence-corrected chi connectivity index (χ1v) is 8.49. The van der Waals surface area contributed by atoms with Crippen LogP contribution in [-0.4, -0.2) is 23.5 Å². The molecule has 0 spiro atoms. The highest BCUT2D eigenvalue weighted by Gasteiger charge is 2.29. The van der Waals surface area contributed by atoms with E-state index in [0.29, 0.717) is 6.04 Å². The molecule has 0 radical (unpaired) electrons. The van der Waals surface area contributed by atoms with E-state index in [2.05, 4.69) is 82.2 Å². The highest BCUT2D eigenvalue weighted by molar-refractivity contribution is 9.10. The number of aromatic nitrogens is 1. The lowest BCUT2D eigenvalue weighted by Crippen LogP contribution is -2.32. The number of nitrogens with one attached hydrogen (secondary N) is 1. The summed E-state index contributed by atoms with van der Waals surface area (Å²) < 4.78 is 1.15. The van der Waals surface area contributed by atoms with E-state index in [1.807, 2.05) is 0 Å². The molecule has 1 N–H and O–H groups in total. The number of hydrogen-bond acceptors (Lipinski definition) is 1. The van der Waals surface area contributed by atoms with Gasteiger partial charge in [0, 0.05) is 27.6 Å². The van der Waals surface area contributed by atoms with Crippen molar-refractivity contribution in [2.24, 2.45) is 0 Å². The lowest BCUT2D eigenvalue weighted by atomic mass is 9.92. The summed E-state index contributed by atoms with van der Waals surface area (Å²) in [7, 11) is 2.22. The minimum absolute atomic E-state index is 0.315. The van der Waals surface area contributed by atoms with Gasteiger partial charge in [0.05, 0.1) is 6.04 Å². The summed E-state index contributed by atoms with van der Waals surface area (Å²) in [6, 6.07) is 15.8. The van der Waals surface area contributed by atoms with Crippen LogP contribution < -0.4 is 0 Å². The molecule has 0 aliphatic carbocycles. The van der Waals surface area contributed by atoms with Gasteiger partial charge in [0.15, 0.2) is 0 Å². The summed E-state index contributed by atoms with van der Waals surface area (Å²) in [5.74, 6) is 0. The standard InChI is InChI=1S/C19H19BrN2/c1-12-3-5-13(6-4-12)19-18-15(9-10-22(19)2)16-11-14(20)7-8-17(16)21-18/h3-8,11,19,21H,9-10H2,1-2H3. The average molecular weight is 355 g/mol. The Morgan fingerprint density at radius 3 is 2.68 bits per heavy atom. The van der Waals surface area contributed by atoms with Crippen LogP contribution in [0.25, 0.3) is 10.9 Å². The predicted octanol–water partition coefficient (Wildman–Crippen LogP) is 4.82. The topological polar surface area (TPSA) is 19.0 Å². The van der Waals surface area contributed by atoms with Gasteiger partial charge < -0.3 is 4.98 Å². The van der Waals surface area contributed by atoms with Crippen LogP contribution in [0.5, 0.6) is 0 Å². The van der Waals surface area contributed by atoms with Crippen LogP contribution in [0.15, 0.2) is 46.9 Å². The van der Waals surface area contributed by atoms with Gasteiger partial charge in [-0.05, 0) is 49.7 Å². The van der Waals surface area contributed by atoms with Crippen LogP contribution in [0.4, 0.5) is 0 Å². The van der Waals surface area contributed by atoms with E-state index < -0.39 is 0 Å². The van der Waals surface area contributed by atoms with E-state index in [4.69, 9.17) is 0 Å². The molecule has 1 unspecified atom stereocenters. The Bertz CT molecular complexity index is 833. The van der Waals surface area contributed by atoms with Gasteiger partial charge in [0.2, 0.25) is 0 Å². The molecule has 2 nitrogen and oxygen atoms in total. The Morgan fingerprint density at radius 1 is 1.14 bits per heavy atom. The Hall–Kier alpha value is -1.58. The maximum atomic E-state index is 3.67. The van der Waals surface area contributed by atoms with Crippen LogP contribution in [-0.2, 0) is 6.42 Å². The predicted molar refractivity (Wildman–Crippen MR) is 95.4 cm³/mol. The molecule has 0 saturated heterocycles. The average Bonchev–Trinajstić information content (AvgIpc) is 2.86. The lowest BCUT2D eigenvalue weighted by molar-refractivity contribution is 0.261. The number of benzene rings is 2. The molecule has 4 rings (SSSR count). The molecule has 3 aromatic rings. The molecule has 22 heavy (non-hydrogen) atoms. The number of hydrogen-bond donors (Lipinski definition) is 1. The Kier molecular flexibility index (Phi) is 3.35. The number of likely N-dealkylation sites (N-methyl/N-ethyl adjacent to an activating group) is 1. The molecule has 1 aromatic heterocycles. The molecule has 0 bridgehead atoms. The summed E-state index contributed by atoms with van der Waals surface area (Å²) in [6.45, 7) is 3.23. The SMILES string of the molecule is Cc1ccc(C2c3[nH]c4ccc(Br)cc4c3CCN2C)cc1. The second-order valence-corrected chi connectivity index (χ2v) is 7.17. The Morgan fingerprint density at radius 2 is 1.91 bits per heavy atom. The van der Waals surface area contributed by atoms with Crippen molar-refractivity contribution in [2.45, 2.75) is 19.4 Å². The number of rotatable bonds is 1. The largest absolute Gasteiger partial charge is 0.357 e. The lowest BCUT2D eigenvalue weighted by Gasteiger charge is -2.33. The molecular formula is C19H19BrN2. The van der Waals surface area contributed by atoms with E-state index in [9.17, 15) is 0 Å². The van der Waals surface area contributed by atoms with Gasteiger partial charge in [0.1, 0.15) is 0 Å². The number of aromatic amines is 1. The van der Waals surface area contributed by atoms with E-state index in [1.165, 1.54) is 33.3 Å². The monoisotopic (exact) mass is 354 g/mol. The molecule has 2 heterocycles. The molecule has 0 saturated carbocycles. The smallest absolute Gasteiger partial charge is 0.0754 e. The molecule has 1 aliphatic rings. The molecule has 112 valence electrons. The summed E-state index contributed by atoms with van der Waals surface area (Å²) in [5, 5.41) is 1.36. The molecule has 1 atom stereocenters. The van der Waals surface area contributed by atoms with Crippen molar-refractivity contribution in [3.8, 4) is 0 Å². The number of fused-ring (bicyclic) bond motifs is 3. The minimum Gasteiger partial charge on any atom is -0.357 e. The molecule has 2 aromatic carbocycles. The quantitative estimate of drug-likeness (QED) is 0.663. The van der Waals surface area contributed by atoms with Crippen molar-refractivity contribution >= 4 is 26.8 Å². The molecule has 1 aliphatic heterocycles. The first-order valence-electron chi connectivity index (χ1n) is 7.70. The maximum Gasteiger partial charge on any atom is 0.0754 e. The summed E-state index contributed by atoms with van der Waals surface area (Å²) in [5.41, 5.74) is 6.73. The Labute approximate surface area is 139 Å². The van der Waals surface area contributed by atoms with Gasteiger partial charge in [-0.3, -0.25) is 4.90 Å². The van der Waals surface area contributed by atoms with E-state index in [0.717, 1.165) is 17.4 Å². The second kappa shape index (κ2) is 5.25. The molecule has 3 heteroatoms. The van der Waals surface area contributed by atoms with Crippen LogP contribution in [0.1, 0.15) is 28.4 Å². The third kappa shape index (κ3) is 2.20. The number of nitrogens with zero attached hydrogens (tertiary/aromatic N) is 1. The van der Waals surface area contributed by atoms with Gasteiger partial charge >= 0.3 is 0 Å². The molecule has 0 amide bonds. The normalized spacial score (nSPS) is 18.6. The maximum absolute atomic E-state index is 3.67.